The first-order chi connectivity index (χ1) is 5.42. The molecule has 1 heterocycles. The molecular formula is C10H17N. The van der Waals surface area contributed by atoms with E-state index in [0.717, 1.165) is 18.5 Å². The standard InChI is InChI=1S/C10H17N/c1-2-7-11-8-9-5-3-4-6-10(9)11/h2,9-10H,1,3-8H2. The van der Waals surface area contributed by atoms with Crippen molar-refractivity contribution in [1.29, 1.82) is 0 Å². The summed E-state index contributed by atoms with van der Waals surface area (Å²) in [4.78, 5) is 2.57. The molecular weight excluding hydrogens is 134 g/mol. The molecule has 1 saturated carbocycles. The molecule has 0 aromatic carbocycles. The zero-order valence-corrected chi connectivity index (χ0v) is 7.13. The second-order valence-corrected chi connectivity index (χ2v) is 3.85. The van der Waals surface area contributed by atoms with Crippen molar-refractivity contribution in [2.75, 3.05) is 13.1 Å². The summed E-state index contributed by atoms with van der Waals surface area (Å²) < 4.78 is 0. The van der Waals surface area contributed by atoms with E-state index in [9.17, 15) is 0 Å². The first-order valence-corrected chi connectivity index (χ1v) is 4.77. The van der Waals surface area contributed by atoms with Crippen molar-refractivity contribution in [2.24, 2.45) is 5.92 Å². The van der Waals surface area contributed by atoms with Gasteiger partial charge in [-0.05, 0) is 18.8 Å². The van der Waals surface area contributed by atoms with Crippen LogP contribution in [-0.2, 0) is 0 Å². The van der Waals surface area contributed by atoms with Gasteiger partial charge in [-0.2, -0.15) is 0 Å². The Morgan fingerprint density at radius 2 is 2.18 bits per heavy atom. The van der Waals surface area contributed by atoms with Gasteiger partial charge >= 0.3 is 0 Å². The molecule has 11 heavy (non-hydrogen) atoms. The second kappa shape index (κ2) is 2.98. The Balaban J connectivity index is 1.86. The minimum atomic E-state index is 0.932. The molecule has 2 rings (SSSR count). The van der Waals surface area contributed by atoms with Crippen molar-refractivity contribution in [3.63, 3.8) is 0 Å². The predicted molar refractivity (Wildman–Crippen MR) is 47.5 cm³/mol. The number of hydrogen-bond donors (Lipinski definition) is 0. The third-order valence-corrected chi connectivity index (χ3v) is 3.17. The van der Waals surface area contributed by atoms with E-state index in [0.29, 0.717) is 0 Å². The van der Waals surface area contributed by atoms with Crippen LogP contribution < -0.4 is 0 Å². The topological polar surface area (TPSA) is 3.24 Å². The van der Waals surface area contributed by atoms with Gasteiger partial charge in [0.05, 0.1) is 0 Å². The normalized spacial score (nSPS) is 37.5. The van der Waals surface area contributed by atoms with Crippen LogP contribution in [0, 0.1) is 5.92 Å². The lowest BCUT2D eigenvalue weighted by Gasteiger charge is -2.50. The molecule has 0 aromatic heterocycles. The summed E-state index contributed by atoms with van der Waals surface area (Å²) in [6.45, 7) is 6.23. The number of likely N-dealkylation sites (tertiary alicyclic amines) is 1. The number of nitrogens with zero attached hydrogens (tertiary/aromatic N) is 1. The third-order valence-electron chi connectivity index (χ3n) is 3.17. The largest absolute Gasteiger partial charge is 0.296 e. The number of fused-ring (bicyclic) bond motifs is 1. The highest BCUT2D eigenvalue weighted by Gasteiger charge is 2.38. The van der Waals surface area contributed by atoms with Crippen LogP contribution in [0.15, 0.2) is 12.7 Å². The van der Waals surface area contributed by atoms with E-state index < -0.39 is 0 Å². The fourth-order valence-corrected chi connectivity index (χ4v) is 2.56. The fraction of sp³-hybridized carbons (Fsp3) is 0.800. The van der Waals surface area contributed by atoms with E-state index in [1.165, 1.54) is 32.2 Å². The van der Waals surface area contributed by atoms with Gasteiger partial charge in [0.2, 0.25) is 0 Å². The van der Waals surface area contributed by atoms with E-state index in [1.54, 1.807) is 0 Å². The molecule has 1 aliphatic heterocycles. The Kier molecular flexibility index (Phi) is 1.99. The molecule has 2 aliphatic rings. The van der Waals surface area contributed by atoms with Gasteiger partial charge in [-0.1, -0.05) is 18.9 Å². The van der Waals surface area contributed by atoms with E-state index >= 15 is 0 Å². The summed E-state index contributed by atoms with van der Waals surface area (Å²) in [5.41, 5.74) is 0. The molecule has 0 radical (unpaired) electrons. The highest BCUT2D eigenvalue weighted by atomic mass is 15.2. The lowest BCUT2D eigenvalue weighted by molar-refractivity contribution is -0.00422. The average Bonchev–Trinajstić information content (AvgIpc) is 2.01. The van der Waals surface area contributed by atoms with Gasteiger partial charge in [0, 0.05) is 19.1 Å². The first kappa shape index (κ1) is 7.35. The van der Waals surface area contributed by atoms with Crippen molar-refractivity contribution in [1.82, 2.24) is 4.90 Å². The van der Waals surface area contributed by atoms with Crippen molar-refractivity contribution in [2.45, 2.75) is 31.7 Å². The molecule has 2 unspecified atom stereocenters. The Morgan fingerprint density at radius 1 is 1.36 bits per heavy atom. The molecule has 1 aliphatic carbocycles. The van der Waals surface area contributed by atoms with Gasteiger partial charge in [-0.15, -0.1) is 6.58 Å². The summed E-state index contributed by atoms with van der Waals surface area (Å²) in [5, 5.41) is 0. The highest BCUT2D eigenvalue weighted by Crippen LogP contribution is 2.36. The van der Waals surface area contributed by atoms with Crippen LogP contribution in [0.1, 0.15) is 25.7 Å². The number of hydrogen-bond acceptors (Lipinski definition) is 1. The maximum Gasteiger partial charge on any atom is 0.0163 e. The highest BCUT2D eigenvalue weighted by molar-refractivity contribution is 4.96. The van der Waals surface area contributed by atoms with E-state index in [2.05, 4.69) is 11.5 Å². The van der Waals surface area contributed by atoms with Crippen LogP contribution in [0.25, 0.3) is 0 Å². The van der Waals surface area contributed by atoms with Gasteiger partial charge in [0.15, 0.2) is 0 Å². The average molecular weight is 151 g/mol. The van der Waals surface area contributed by atoms with Crippen LogP contribution in [0.2, 0.25) is 0 Å². The Hall–Kier alpha value is -0.300. The SMILES string of the molecule is C=CCN1CC2CCCCC21. The van der Waals surface area contributed by atoms with Crippen LogP contribution in [0.5, 0.6) is 0 Å². The molecule has 0 bridgehead atoms. The molecule has 1 nitrogen and oxygen atoms in total. The molecule has 2 atom stereocenters. The molecule has 0 spiro atoms. The minimum Gasteiger partial charge on any atom is -0.296 e. The monoisotopic (exact) mass is 151 g/mol. The Bertz CT molecular complexity index is 153. The molecule has 2 fully saturated rings. The second-order valence-electron chi connectivity index (χ2n) is 3.85. The summed E-state index contributed by atoms with van der Waals surface area (Å²) in [6, 6.07) is 0.932. The lowest BCUT2D eigenvalue weighted by Crippen LogP contribution is -2.57. The lowest BCUT2D eigenvalue weighted by atomic mass is 9.77. The van der Waals surface area contributed by atoms with E-state index in [1.807, 2.05) is 6.08 Å². The third kappa shape index (κ3) is 1.22. The number of rotatable bonds is 2. The molecule has 1 saturated heterocycles. The molecule has 0 aromatic rings. The summed E-state index contributed by atoms with van der Waals surface area (Å²) in [5.74, 6) is 1.05. The van der Waals surface area contributed by atoms with Crippen molar-refractivity contribution >= 4 is 0 Å². The zero-order chi connectivity index (χ0) is 7.68. The quantitative estimate of drug-likeness (QED) is 0.546. The summed E-state index contributed by atoms with van der Waals surface area (Å²) in [7, 11) is 0. The van der Waals surface area contributed by atoms with Crippen molar-refractivity contribution in [3.8, 4) is 0 Å². The fourth-order valence-electron chi connectivity index (χ4n) is 2.56. The van der Waals surface area contributed by atoms with Gasteiger partial charge < -0.3 is 0 Å². The van der Waals surface area contributed by atoms with Gasteiger partial charge in [0.25, 0.3) is 0 Å². The van der Waals surface area contributed by atoms with Crippen LogP contribution >= 0.6 is 0 Å². The maximum absolute atomic E-state index is 3.78. The predicted octanol–water partition coefficient (Wildman–Crippen LogP) is 2.05. The van der Waals surface area contributed by atoms with E-state index in [4.69, 9.17) is 0 Å². The van der Waals surface area contributed by atoms with Crippen molar-refractivity contribution in [3.05, 3.63) is 12.7 Å². The van der Waals surface area contributed by atoms with Gasteiger partial charge in [0.1, 0.15) is 0 Å². The summed E-state index contributed by atoms with van der Waals surface area (Å²) >= 11 is 0. The Labute approximate surface area is 69.1 Å². The maximum atomic E-state index is 3.78. The molecule has 0 amide bonds. The van der Waals surface area contributed by atoms with E-state index in [-0.39, 0.29) is 0 Å². The Morgan fingerprint density at radius 3 is 2.91 bits per heavy atom. The molecule has 62 valence electrons. The molecule has 0 N–H and O–H groups in total. The van der Waals surface area contributed by atoms with Crippen LogP contribution in [0.3, 0.4) is 0 Å². The summed E-state index contributed by atoms with van der Waals surface area (Å²) in [6.07, 6.45) is 7.89. The first-order valence-electron chi connectivity index (χ1n) is 4.77. The van der Waals surface area contributed by atoms with Gasteiger partial charge in [-0.25, -0.2) is 0 Å². The van der Waals surface area contributed by atoms with Crippen molar-refractivity contribution < 1.29 is 0 Å². The zero-order valence-electron chi connectivity index (χ0n) is 7.13. The van der Waals surface area contributed by atoms with Crippen LogP contribution in [0.4, 0.5) is 0 Å². The smallest absolute Gasteiger partial charge is 0.0163 e. The van der Waals surface area contributed by atoms with Gasteiger partial charge in [-0.3, -0.25) is 4.90 Å². The minimum absolute atomic E-state index is 0.932. The molecule has 1 heteroatoms. The van der Waals surface area contributed by atoms with Crippen LogP contribution in [-0.4, -0.2) is 24.0 Å².